The predicted molar refractivity (Wildman–Crippen MR) is 99.3 cm³/mol. The normalized spacial score (nSPS) is 10.6. The van der Waals surface area contributed by atoms with Gasteiger partial charge in [0.15, 0.2) is 0 Å². The topological polar surface area (TPSA) is 58.2 Å². The van der Waals surface area contributed by atoms with Crippen LogP contribution in [0, 0.1) is 5.92 Å². The third-order valence-corrected chi connectivity index (χ3v) is 4.26. The van der Waals surface area contributed by atoms with E-state index in [1.54, 1.807) is 24.3 Å². The first kappa shape index (κ1) is 18.9. The number of nitrogens with one attached hydrogen (secondary N) is 2. The number of carbonyl (C=O) groups excluding carboxylic acids is 2. The SMILES string of the molecule is CC(C(=O)Nc1ccc(Cl)cc1Cl)C(=O)Nc1ccc(Cl)cc1Cl. The van der Waals surface area contributed by atoms with E-state index in [0.29, 0.717) is 21.4 Å². The predicted octanol–water partition coefficient (Wildman–Crippen LogP) is 5.51. The fraction of sp³-hybridized carbons (Fsp3) is 0.125. The Balaban J connectivity index is 2.05. The quantitative estimate of drug-likeness (QED) is 0.658. The molecule has 4 nitrogen and oxygen atoms in total. The van der Waals surface area contributed by atoms with Gasteiger partial charge in [-0.3, -0.25) is 9.59 Å². The van der Waals surface area contributed by atoms with Crippen LogP contribution < -0.4 is 10.6 Å². The molecular weight excluding hydrogens is 394 g/mol. The van der Waals surface area contributed by atoms with Crippen molar-refractivity contribution < 1.29 is 9.59 Å². The summed E-state index contributed by atoms with van der Waals surface area (Å²) in [7, 11) is 0. The van der Waals surface area contributed by atoms with E-state index >= 15 is 0 Å². The average molecular weight is 406 g/mol. The summed E-state index contributed by atoms with van der Waals surface area (Å²) in [5.74, 6) is -1.99. The molecule has 0 heterocycles. The van der Waals surface area contributed by atoms with Crippen LogP contribution in [-0.4, -0.2) is 11.8 Å². The Morgan fingerprint density at radius 3 is 1.50 bits per heavy atom. The zero-order valence-electron chi connectivity index (χ0n) is 12.4. The van der Waals surface area contributed by atoms with Crippen LogP contribution in [0.3, 0.4) is 0 Å². The zero-order valence-corrected chi connectivity index (χ0v) is 15.4. The van der Waals surface area contributed by atoms with Crippen molar-refractivity contribution in [2.75, 3.05) is 10.6 Å². The number of hydrogen-bond donors (Lipinski definition) is 2. The minimum atomic E-state index is -0.969. The minimum Gasteiger partial charge on any atom is -0.324 e. The third-order valence-electron chi connectivity index (χ3n) is 3.16. The van der Waals surface area contributed by atoms with Crippen molar-refractivity contribution in [1.29, 1.82) is 0 Å². The van der Waals surface area contributed by atoms with E-state index in [2.05, 4.69) is 10.6 Å². The van der Waals surface area contributed by atoms with Crippen LogP contribution in [0.5, 0.6) is 0 Å². The molecule has 2 amide bonds. The highest BCUT2D eigenvalue weighted by molar-refractivity contribution is 6.37. The van der Waals surface area contributed by atoms with Crippen molar-refractivity contribution in [3.05, 3.63) is 56.5 Å². The van der Waals surface area contributed by atoms with Crippen molar-refractivity contribution in [2.24, 2.45) is 5.92 Å². The van der Waals surface area contributed by atoms with Crippen molar-refractivity contribution in [1.82, 2.24) is 0 Å². The first-order chi connectivity index (χ1) is 11.3. The van der Waals surface area contributed by atoms with Gasteiger partial charge in [0.2, 0.25) is 11.8 Å². The molecule has 2 rings (SSSR count). The number of benzene rings is 2. The smallest absolute Gasteiger partial charge is 0.236 e. The van der Waals surface area contributed by atoms with E-state index in [4.69, 9.17) is 46.4 Å². The van der Waals surface area contributed by atoms with E-state index < -0.39 is 17.7 Å². The lowest BCUT2D eigenvalue weighted by atomic mass is 10.1. The van der Waals surface area contributed by atoms with Gasteiger partial charge >= 0.3 is 0 Å². The average Bonchev–Trinajstić information content (AvgIpc) is 2.51. The third kappa shape index (κ3) is 4.77. The Labute approximate surface area is 159 Å². The van der Waals surface area contributed by atoms with Crippen molar-refractivity contribution in [3.63, 3.8) is 0 Å². The van der Waals surface area contributed by atoms with Gasteiger partial charge < -0.3 is 10.6 Å². The van der Waals surface area contributed by atoms with E-state index in [-0.39, 0.29) is 10.0 Å². The fourth-order valence-electron chi connectivity index (χ4n) is 1.78. The van der Waals surface area contributed by atoms with Crippen molar-refractivity contribution in [3.8, 4) is 0 Å². The number of rotatable bonds is 4. The second-order valence-corrected chi connectivity index (χ2v) is 6.64. The zero-order chi connectivity index (χ0) is 17.9. The Morgan fingerprint density at radius 1 is 0.792 bits per heavy atom. The molecule has 0 unspecified atom stereocenters. The highest BCUT2D eigenvalue weighted by atomic mass is 35.5. The highest BCUT2D eigenvalue weighted by Gasteiger charge is 2.23. The molecule has 2 aromatic rings. The minimum absolute atomic E-state index is 0.282. The number of carbonyl (C=O) groups is 2. The summed E-state index contributed by atoms with van der Waals surface area (Å²) >= 11 is 23.6. The van der Waals surface area contributed by atoms with Crippen LogP contribution in [0.4, 0.5) is 11.4 Å². The van der Waals surface area contributed by atoms with Gasteiger partial charge in [-0.15, -0.1) is 0 Å². The molecule has 0 spiro atoms. The monoisotopic (exact) mass is 404 g/mol. The summed E-state index contributed by atoms with van der Waals surface area (Å²) in [4.78, 5) is 24.4. The summed E-state index contributed by atoms with van der Waals surface area (Å²) in [6, 6.07) is 9.28. The maximum atomic E-state index is 12.2. The molecule has 0 aliphatic rings. The Bertz CT molecular complexity index is 730. The first-order valence-electron chi connectivity index (χ1n) is 6.79. The molecule has 8 heteroatoms. The van der Waals surface area contributed by atoms with Crippen LogP contribution in [0.2, 0.25) is 20.1 Å². The standard InChI is InChI=1S/C16H12Cl4N2O2/c1-8(15(23)21-13-4-2-9(17)6-11(13)19)16(24)22-14-5-3-10(18)7-12(14)20/h2-8H,1H3,(H,21,23)(H,22,24). The molecule has 0 aliphatic heterocycles. The van der Waals surface area contributed by atoms with Gasteiger partial charge in [-0.05, 0) is 43.3 Å². The van der Waals surface area contributed by atoms with Crippen LogP contribution in [-0.2, 0) is 9.59 Å². The molecule has 24 heavy (non-hydrogen) atoms. The molecule has 126 valence electrons. The lowest BCUT2D eigenvalue weighted by Crippen LogP contribution is -2.31. The molecule has 0 radical (unpaired) electrons. The molecule has 0 bridgehead atoms. The van der Waals surface area contributed by atoms with E-state index in [9.17, 15) is 9.59 Å². The van der Waals surface area contributed by atoms with E-state index in [1.165, 1.54) is 19.1 Å². The summed E-state index contributed by atoms with van der Waals surface area (Å²) in [5.41, 5.74) is 0.741. The first-order valence-corrected chi connectivity index (χ1v) is 8.31. The van der Waals surface area contributed by atoms with E-state index in [1.807, 2.05) is 0 Å². The van der Waals surface area contributed by atoms with Crippen molar-refractivity contribution >= 4 is 69.6 Å². The number of halogens is 4. The Kier molecular flexibility index (Phi) is 6.35. The van der Waals surface area contributed by atoms with Gasteiger partial charge in [0.25, 0.3) is 0 Å². The number of anilines is 2. The molecule has 0 atom stereocenters. The maximum absolute atomic E-state index is 12.2. The molecule has 2 N–H and O–H groups in total. The second-order valence-electron chi connectivity index (χ2n) is 4.95. The van der Waals surface area contributed by atoms with Gasteiger partial charge in [0, 0.05) is 10.0 Å². The summed E-state index contributed by atoms with van der Waals surface area (Å²) in [6.45, 7) is 1.47. The van der Waals surface area contributed by atoms with Crippen LogP contribution in [0.15, 0.2) is 36.4 Å². The Hall–Kier alpha value is -1.46. The molecule has 0 fully saturated rings. The van der Waals surface area contributed by atoms with Crippen LogP contribution in [0.25, 0.3) is 0 Å². The maximum Gasteiger partial charge on any atom is 0.236 e. The van der Waals surface area contributed by atoms with E-state index in [0.717, 1.165) is 0 Å². The van der Waals surface area contributed by atoms with Gasteiger partial charge in [0.1, 0.15) is 5.92 Å². The lowest BCUT2D eigenvalue weighted by Gasteiger charge is -2.14. The Morgan fingerprint density at radius 2 is 1.17 bits per heavy atom. The highest BCUT2D eigenvalue weighted by Crippen LogP contribution is 2.27. The molecular formula is C16H12Cl4N2O2. The number of hydrogen-bond acceptors (Lipinski definition) is 2. The molecule has 0 aromatic heterocycles. The molecule has 0 saturated heterocycles. The fourth-order valence-corrected chi connectivity index (χ4v) is 2.69. The molecule has 0 aliphatic carbocycles. The number of amides is 2. The van der Waals surface area contributed by atoms with Gasteiger partial charge in [-0.2, -0.15) is 0 Å². The van der Waals surface area contributed by atoms with Crippen molar-refractivity contribution in [2.45, 2.75) is 6.92 Å². The van der Waals surface area contributed by atoms with Gasteiger partial charge in [-0.1, -0.05) is 46.4 Å². The second kappa shape index (κ2) is 8.08. The summed E-state index contributed by atoms with van der Waals surface area (Å²) in [5, 5.41) is 6.62. The summed E-state index contributed by atoms with van der Waals surface area (Å²) in [6.07, 6.45) is 0. The summed E-state index contributed by atoms with van der Waals surface area (Å²) < 4.78 is 0. The van der Waals surface area contributed by atoms with Gasteiger partial charge in [-0.25, -0.2) is 0 Å². The van der Waals surface area contributed by atoms with Crippen LogP contribution >= 0.6 is 46.4 Å². The molecule has 0 saturated carbocycles. The largest absolute Gasteiger partial charge is 0.324 e. The van der Waals surface area contributed by atoms with Gasteiger partial charge in [0.05, 0.1) is 21.4 Å². The molecule has 2 aromatic carbocycles. The lowest BCUT2D eigenvalue weighted by molar-refractivity contribution is -0.128. The van der Waals surface area contributed by atoms with Crippen LogP contribution in [0.1, 0.15) is 6.92 Å².